The summed E-state index contributed by atoms with van der Waals surface area (Å²) in [6, 6.07) is 0. The van der Waals surface area contributed by atoms with Crippen LogP contribution >= 0.6 is 11.6 Å². The van der Waals surface area contributed by atoms with Gasteiger partial charge in [0.25, 0.3) is 0 Å². The fourth-order valence-corrected chi connectivity index (χ4v) is 0.327. The van der Waals surface area contributed by atoms with Crippen LogP contribution in [0.5, 0.6) is 0 Å². The Labute approximate surface area is 69.7 Å². The maximum Gasteiger partial charge on any atom is 2.00 e. The molecule has 0 aromatic heterocycles. The van der Waals surface area contributed by atoms with Gasteiger partial charge in [0.15, 0.2) is 0 Å². The second kappa shape index (κ2) is 7.06. The summed E-state index contributed by atoms with van der Waals surface area (Å²) < 4.78 is 0. The molecule has 0 aliphatic heterocycles. The molecule has 0 bridgehead atoms. The normalized spacial score (nSPS) is 12.4. The van der Waals surface area contributed by atoms with Crippen LogP contribution < -0.4 is 0 Å². The van der Waals surface area contributed by atoms with Crippen LogP contribution in [0.3, 0.4) is 0 Å². The van der Waals surface area contributed by atoms with E-state index < -0.39 is 0 Å². The molecule has 0 saturated carbocycles. The van der Waals surface area contributed by atoms with Gasteiger partial charge in [-0.2, -0.15) is 0 Å². The van der Waals surface area contributed by atoms with Crippen molar-refractivity contribution >= 4 is 34.7 Å². The van der Waals surface area contributed by atoms with E-state index in [2.05, 4.69) is 13.8 Å². The van der Waals surface area contributed by atoms with Crippen LogP contribution in [0, 0.1) is 5.92 Å². The zero-order valence-electron chi connectivity index (χ0n) is 7.08. The molecule has 0 aromatic rings. The summed E-state index contributed by atoms with van der Waals surface area (Å²) in [6.45, 7) is 4.29. The molecule has 0 N–H and O–H groups in total. The molecule has 7 heavy (non-hydrogen) atoms. The van der Waals surface area contributed by atoms with E-state index in [1.807, 2.05) is 0 Å². The Hall–Kier alpha value is 1.06. The van der Waals surface area contributed by atoms with Crippen molar-refractivity contribution in [2.24, 2.45) is 5.92 Å². The van der Waals surface area contributed by atoms with Gasteiger partial charge in [-0.3, -0.25) is 0 Å². The molecule has 42 valence electrons. The third-order valence-electron chi connectivity index (χ3n) is 0.960. The molecule has 0 aliphatic carbocycles. The summed E-state index contributed by atoms with van der Waals surface area (Å²) in [5.74, 6) is 1.50. The van der Waals surface area contributed by atoms with Gasteiger partial charge in [-0.25, -0.2) is 0 Å². The zero-order chi connectivity index (χ0) is 4.99. The fourth-order valence-electron chi connectivity index (χ4n) is 0.109. The van der Waals surface area contributed by atoms with Crippen LogP contribution in [0.2, 0.25) is 0 Å². The van der Waals surface area contributed by atoms with E-state index in [1.54, 1.807) is 0 Å². The summed E-state index contributed by atoms with van der Waals surface area (Å²) in [5, 5.41) is 0. The topological polar surface area (TPSA) is 0 Å². The van der Waals surface area contributed by atoms with Gasteiger partial charge in [-0.1, -0.05) is 20.3 Å². The molecule has 1 unspecified atom stereocenters. The first-order chi connectivity index (χ1) is 2.81. The van der Waals surface area contributed by atoms with Crippen LogP contribution in [-0.4, -0.2) is 28.9 Å². The molecule has 0 rings (SSSR count). The van der Waals surface area contributed by atoms with E-state index in [0.29, 0.717) is 5.92 Å². The number of rotatable bonds is 2. The third-order valence-corrected chi connectivity index (χ3v) is 1.49. The van der Waals surface area contributed by atoms with E-state index >= 15 is 0 Å². The average Bonchev–Trinajstić information content (AvgIpc) is 1.65. The molecular formula is C5H13ClMg. The van der Waals surface area contributed by atoms with Crippen molar-refractivity contribution < 1.29 is 2.85 Å². The van der Waals surface area contributed by atoms with Crippen molar-refractivity contribution in [3.05, 3.63) is 0 Å². The minimum absolute atomic E-state index is 0. The Balaban J connectivity index is -0.0000000417. The average molecular weight is 133 g/mol. The van der Waals surface area contributed by atoms with Gasteiger partial charge < -0.3 is 2.85 Å². The van der Waals surface area contributed by atoms with Gasteiger partial charge in [0.2, 0.25) is 0 Å². The van der Waals surface area contributed by atoms with E-state index in [4.69, 9.17) is 11.6 Å². The van der Waals surface area contributed by atoms with E-state index in [-0.39, 0.29) is 25.9 Å². The molecule has 0 amide bonds. The minimum atomic E-state index is 0. The maximum absolute atomic E-state index is 5.45. The van der Waals surface area contributed by atoms with Crippen molar-refractivity contribution in [3.63, 3.8) is 0 Å². The predicted molar refractivity (Wildman–Crippen MR) is 38.2 cm³/mol. The minimum Gasteiger partial charge on any atom is -1.00 e. The molecule has 1 atom stereocenters. The van der Waals surface area contributed by atoms with Crippen LogP contribution in [0.1, 0.15) is 23.1 Å². The quantitative estimate of drug-likeness (QED) is 0.399. The van der Waals surface area contributed by atoms with Crippen molar-refractivity contribution in [2.45, 2.75) is 20.3 Å². The Kier molecular flexibility index (Phi) is 11.0. The molecule has 0 aliphatic rings. The van der Waals surface area contributed by atoms with E-state index in [9.17, 15) is 0 Å². The first-order valence-corrected chi connectivity index (χ1v) is 2.90. The van der Waals surface area contributed by atoms with Gasteiger partial charge in [-0.05, 0) is 5.92 Å². The second-order valence-corrected chi connectivity index (χ2v) is 1.98. The van der Waals surface area contributed by atoms with Gasteiger partial charge in [0, 0.05) is 5.88 Å². The fraction of sp³-hybridized carbons (Fsp3) is 1.00. The van der Waals surface area contributed by atoms with Crippen LogP contribution in [0.4, 0.5) is 0 Å². The van der Waals surface area contributed by atoms with Gasteiger partial charge in [-0.15, -0.1) is 11.6 Å². The molecular weight excluding hydrogens is 120 g/mol. The molecule has 0 nitrogen and oxygen atoms in total. The number of alkyl halides is 1. The Morgan fingerprint density at radius 1 is 1.71 bits per heavy atom. The number of hydrogen-bond donors (Lipinski definition) is 0. The van der Waals surface area contributed by atoms with Gasteiger partial charge >= 0.3 is 23.1 Å². The molecule has 0 spiro atoms. The number of halogens is 1. The van der Waals surface area contributed by atoms with Crippen LogP contribution in [-0.2, 0) is 0 Å². The molecule has 0 saturated heterocycles. The van der Waals surface area contributed by atoms with E-state index in [0.717, 1.165) is 5.88 Å². The molecule has 0 heterocycles. The van der Waals surface area contributed by atoms with E-state index in [1.165, 1.54) is 6.42 Å². The van der Waals surface area contributed by atoms with Crippen molar-refractivity contribution in [2.75, 3.05) is 5.88 Å². The maximum atomic E-state index is 5.45. The standard InChI is InChI=1S/C5H11Cl.Mg.2H/c1-3-5(2)4-6;;;/h5H,3-4H2,1-2H3;;;/q;+2;2*-1. The van der Waals surface area contributed by atoms with Crippen molar-refractivity contribution in [1.82, 2.24) is 0 Å². The summed E-state index contributed by atoms with van der Waals surface area (Å²) in [7, 11) is 0. The Morgan fingerprint density at radius 2 is 2.14 bits per heavy atom. The van der Waals surface area contributed by atoms with Crippen LogP contribution in [0.15, 0.2) is 0 Å². The Morgan fingerprint density at radius 3 is 2.14 bits per heavy atom. The summed E-state index contributed by atoms with van der Waals surface area (Å²) in [4.78, 5) is 0. The molecule has 0 fully saturated rings. The predicted octanol–water partition coefficient (Wildman–Crippen LogP) is 2.12. The first-order valence-electron chi connectivity index (χ1n) is 2.37. The van der Waals surface area contributed by atoms with Crippen molar-refractivity contribution in [1.29, 1.82) is 0 Å². The monoisotopic (exact) mass is 132 g/mol. The van der Waals surface area contributed by atoms with Gasteiger partial charge in [0.05, 0.1) is 0 Å². The second-order valence-electron chi connectivity index (χ2n) is 1.67. The van der Waals surface area contributed by atoms with Crippen LogP contribution in [0.25, 0.3) is 0 Å². The smallest absolute Gasteiger partial charge is 1.00 e. The molecule has 0 aromatic carbocycles. The third kappa shape index (κ3) is 7.06. The largest absolute Gasteiger partial charge is 2.00 e. The number of hydrogen-bond acceptors (Lipinski definition) is 0. The zero-order valence-corrected chi connectivity index (χ0v) is 7.25. The summed E-state index contributed by atoms with van der Waals surface area (Å²) in [6.07, 6.45) is 1.20. The molecule has 2 heteroatoms. The Bertz CT molecular complexity index is 34.1. The first kappa shape index (κ1) is 10.9. The SMILES string of the molecule is CCC(C)CCl.[H-].[H-].[Mg+2]. The van der Waals surface area contributed by atoms with Crippen molar-refractivity contribution in [3.8, 4) is 0 Å². The summed E-state index contributed by atoms with van der Waals surface area (Å²) in [5.41, 5.74) is 0. The summed E-state index contributed by atoms with van der Waals surface area (Å²) >= 11 is 5.45. The van der Waals surface area contributed by atoms with Gasteiger partial charge in [0.1, 0.15) is 0 Å². The molecule has 0 radical (unpaired) electrons.